The van der Waals surface area contributed by atoms with Gasteiger partial charge in [-0.1, -0.05) is 0 Å². The first-order chi connectivity index (χ1) is 9.49. The van der Waals surface area contributed by atoms with Crippen LogP contribution < -0.4 is 4.74 Å². The second-order valence-corrected chi connectivity index (χ2v) is 3.95. The Balaban J connectivity index is 1.86. The van der Waals surface area contributed by atoms with Gasteiger partial charge in [0.1, 0.15) is 12.4 Å². The van der Waals surface area contributed by atoms with E-state index < -0.39 is 11.9 Å². The summed E-state index contributed by atoms with van der Waals surface area (Å²) in [5, 5.41) is 12.0. The second-order valence-electron chi connectivity index (χ2n) is 3.95. The Morgan fingerprint density at radius 3 is 2.45 bits per heavy atom. The number of halogens is 3. The van der Waals surface area contributed by atoms with Gasteiger partial charge in [0.25, 0.3) is 0 Å². The van der Waals surface area contributed by atoms with Gasteiger partial charge in [0.2, 0.25) is 0 Å². The number of alkyl halides is 3. The van der Waals surface area contributed by atoms with Crippen molar-refractivity contribution in [1.29, 1.82) is 5.26 Å². The first-order valence-electron chi connectivity index (χ1n) is 5.72. The molecular formula is C13H10F3N3O. The van der Waals surface area contributed by atoms with E-state index in [1.165, 1.54) is 10.9 Å². The maximum atomic E-state index is 12.3. The summed E-state index contributed by atoms with van der Waals surface area (Å²) in [6.45, 7) is 0.390. The molecule has 0 aliphatic carbocycles. The van der Waals surface area contributed by atoms with Crippen molar-refractivity contribution in [2.75, 3.05) is 6.61 Å². The maximum absolute atomic E-state index is 12.3. The molecule has 0 amide bonds. The molecule has 0 saturated heterocycles. The fraction of sp³-hybridized carbons (Fsp3) is 0.231. The highest BCUT2D eigenvalue weighted by atomic mass is 19.4. The standard InChI is InChI=1S/C13H10F3N3O/c14-13(15,16)12-5-6-19(18-12)7-8-20-11-3-1-10(9-17)2-4-11/h1-6H,7-8H2. The average Bonchev–Trinajstić information content (AvgIpc) is 2.88. The summed E-state index contributed by atoms with van der Waals surface area (Å²) < 4.78 is 43.5. The Labute approximate surface area is 113 Å². The van der Waals surface area contributed by atoms with Crippen LogP contribution in [0.1, 0.15) is 11.3 Å². The molecule has 2 aromatic rings. The minimum atomic E-state index is -4.43. The lowest BCUT2D eigenvalue weighted by Crippen LogP contribution is -2.11. The van der Waals surface area contributed by atoms with Crippen LogP contribution >= 0.6 is 0 Å². The zero-order valence-electron chi connectivity index (χ0n) is 10.3. The van der Waals surface area contributed by atoms with Gasteiger partial charge < -0.3 is 4.74 Å². The number of nitrogens with zero attached hydrogens (tertiary/aromatic N) is 3. The van der Waals surface area contributed by atoms with Crippen LogP contribution in [0.2, 0.25) is 0 Å². The average molecular weight is 281 g/mol. The molecule has 0 atom stereocenters. The van der Waals surface area contributed by atoms with Crippen molar-refractivity contribution in [1.82, 2.24) is 9.78 Å². The van der Waals surface area contributed by atoms with E-state index in [4.69, 9.17) is 10.00 Å². The molecule has 0 N–H and O–H groups in total. The number of benzene rings is 1. The number of hydrogen-bond acceptors (Lipinski definition) is 3. The van der Waals surface area contributed by atoms with Gasteiger partial charge in [-0.05, 0) is 30.3 Å². The SMILES string of the molecule is N#Cc1ccc(OCCn2ccc(C(F)(F)F)n2)cc1. The quantitative estimate of drug-likeness (QED) is 0.865. The highest BCUT2D eigenvalue weighted by Crippen LogP contribution is 2.27. The zero-order valence-corrected chi connectivity index (χ0v) is 10.3. The lowest BCUT2D eigenvalue weighted by Gasteiger charge is -2.06. The topological polar surface area (TPSA) is 50.8 Å². The minimum Gasteiger partial charge on any atom is -0.492 e. The molecule has 0 unspecified atom stereocenters. The van der Waals surface area contributed by atoms with Crippen LogP contribution in [0, 0.1) is 11.3 Å². The fourth-order valence-electron chi connectivity index (χ4n) is 1.52. The summed E-state index contributed by atoms with van der Waals surface area (Å²) in [6, 6.07) is 9.36. The molecule has 20 heavy (non-hydrogen) atoms. The fourth-order valence-corrected chi connectivity index (χ4v) is 1.52. The lowest BCUT2D eigenvalue weighted by molar-refractivity contribution is -0.141. The zero-order chi connectivity index (χ0) is 14.6. The summed E-state index contributed by atoms with van der Waals surface area (Å²) in [5.41, 5.74) is -0.407. The van der Waals surface area contributed by atoms with E-state index in [-0.39, 0.29) is 13.2 Å². The van der Waals surface area contributed by atoms with Gasteiger partial charge in [-0.15, -0.1) is 0 Å². The molecule has 1 aromatic carbocycles. The monoisotopic (exact) mass is 281 g/mol. The summed E-state index contributed by atoms with van der Waals surface area (Å²) in [6.07, 6.45) is -3.18. The van der Waals surface area contributed by atoms with Crippen molar-refractivity contribution in [2.45, 2.75) is 12.7 Å². The maximum Gasteiger partial charge on any atom is 0.435 e. The van der Waals surface area contributed by atoms with Crippen molar-refractivity contribution in [3.8, 4) is 11.8 Å². The van der Waals surface area contributed by atoms with E-state index in [1.807, 2.05) is 6.07 Å². The van der Waals surface area contributed by atoms with Crippen LogP contribution in [-0.4, -0.2) is 16.4 Å². The van der Waals surface area contributed by atoms with Crippen LogP contribution in [0.4, 0.5) is 13.2 Å². The Hall–Kier alpha value is -2.49. The second kappa shape index (κ2) is 5.65. The predicted molar refractivity (Wildman–Crippen MR) is 63.9 cm³/mol. The van der Waals surface area contributed by atoms with E-state index in [0.29, 0.717) is 11.3 Å². The highest BCUT2D eigenvalue weighted by Gasteiger charge is 2.33. The third-order valence-corrected chi connectivity index (χ3v) is 2.50. The first kappa shape index (κ1) is 13.9. The molecule has 1 aromatic heterocycles. The summed E-state index contributed by atoms with van der Waals surface area (Å²) in [5.74, 6) is 0.548. The summed E-state index contributed by atoms with van der Waals surface area (Å²) >= 11 is 0. The van der Waals surface area contributed by atoms with Gasteiger partial charge in [0, 0.05) is 6.20 Å². The number of nitriles is 1. The van der Waals surface area contributed by atoms with Gasteiger partial charge >= 0.3 is 6.18 Å². The van der Waals surface area contributed by atoms with Gasteiger partial charge in [-0.3, -0.25) is 4.68 Å². The van der Waals surface area contributed by atoms with Crippen molar-refractivity contribution < 1.29 is 17.9 Å². The van der Waals surface area contributed by atoms with E-state index in [2.05, 4.69) is 5.10 Å². The van der Waals surface area contributed by atoms with Crippen LogP contribution in [0.25, 0.3) is 0 Å². The largest absolute Gasteiger partial charge is 0.492 e. The minimum absolute atomic E-state index is 0.185. The lowest BCUT2D eigenvalue weighted by atomic mass is 10.2. The third-order valence-electron chi connectivity index (χ3n) is 2.50. The van der Waals surface area contributed by atoms with Crippen LogP contribution in [0.3, 0.4) is 0 Å². The van der Waals surface area contributed by atoms with Crippen molar-refractivity contribution in [2.24, 2.45) is 0 Å². The molecule has 104 valence electrons. The summed E-state index contributed by atoms with van der Waals surface area (Å²) in [4.78, 5) is 0. The van der Waals surface area contributed by atoms with Crippen molar-refractivity contribution in [3.05, 3.63) is 47.8 Å². The van der Waals surface area contributed by atoms with E-state index >= 15 is 0 Å². The first-order valence-corrected chi connectivity index (χ1v) is 5.72. The smallest absolute Gasteiger partial charge is 0.435 e. The molecule has 0 radical (unpaired) electrons. The molecule has 0 aliphatic heterocycles. The van der Waals surface area contributed by atoms with E-state index in [0.717, 1.165) is 6.07 Å². The molecule has 0 spiro atoms. The van der Waals surface area contributed by atoms with E-state index in [9.17, 15) is 13.2 Å². The molecule has 4 nitrogen and oxygen atoms in total. The van der Waals surface area contributed by atoms with Crippen LogP contribution in [-0.2, 0) is 12.7 Å². The molecular weight excluding hydrogens is 271 g/mol. The molecule has 0 bridgehead atoms. The Kier molecular flexibility index (Phi) is 3.94. The van der Waals surface area contributed by atoms with Gasteiger partial charge in [-0.25, -0.2) is 0 Å². The Morgan fingerprint density at radius 1 is 1.20 bits per heavy atom. The van der Waals surface area contributed by atoms with Crippen LogP contribution in [0.15, 0.2) is 36.5 Å². The van der Waals surface area contributed by atoms with Gasteiger partial charge in [0.05, 0.1) is 18.2 Å². The third kappa shape index (κ3) is 3.51. The molecule has 1 heterocycles. The van der Waals surface area contributed by atoms with Crippen LogP contribution in [0.5, 0.6) is 5.75 Å². The molecule has 0 fully saturated rings. The Morgan fingerprint density at radius 2 is 1.90 bits per heavy atom. The summed E-state index contributed by atoms with van der Waals surface area (Å²) in [7, 11) is 0. The number of aromatic nitrogens is 2. The normalized spacial score (nSPS) is 11.1. The molecule has 0 aliphatic rings. The highest BCUT2D eigenvalue weighted by molar-refractivity contribution is 5.34. The molecule has 7 heteroatoms. The van der Waals surface area contributed by atoms with Crippen molar-refractivity contribution in [3.63, 3.8) is 0 Å². The van der Waals surface area contributed by atoms with E-state index in [1.54, 1.807) is 24.3 Å². The number of rotatable bonds is 4. The number of ether oxygens (including phenoxy) is 1. The Bertz CT molecular complexity index is 611. The molecule has 2 rings (SSSR count). The van der Waals surface area contributed by atoms with Gasteiger partial charge in [0.15, 0.2) is 5.69 Å². The molecule has 0 saturated carbocycles. The predicted octanol–water partition coefficient (Wildman–Crippen LogP) is 2.85. The number of hydrogen-bond donors (Lipinski definition) is 0. The van der Waals surface area contributed by atoms with Gasteiger partial charge in [-0.2, -0.15) is 23.5 Å². The van der Waals surface area contributed by atoms with Crippen molar-refractivity contribution >= 4 is 0 Å².